The van der Waals surface area contributed by atoms with E-state index in [1.165, 1.54) is 22.4 Å². The summed E-state index contributed by atoms with van der Waals surface area (Å²) >= 11 is 0. The van der Waals surface area contributed by atoms with E-state index in [9.17, 15) is 0 Å². The molecule has 2 N–H and O–H groups in total. The summed E-state index contributed by atoms with van der Waals surface area (Å²) < 4.78 is 0. The number of aryl methyl sites for hydroxylation is 1. The molecule has 0 amide bonds. The maximum Gasteiger partial charge on any atom is 0.127 e. The van der Waals surface area contributed by atoms with Crippen LogP contribution in [0.4, 0.5) is 0 Å². The molecule has 6 nitrogen and oxygen atoms in total. The molecular weight excluding hydrogens is 312 g/mol. The predicted octanol–water partition coefficient (Wildman–Crippen LogP) is 2.97. The predicted molar refractivity (Wildman–Crippen MR) is 100 cm³/mol. The average Bonchev–Trinajstić information content (AvgIpc) is 3.12. The summed E-state index contributed by atoms with van der Waals surface area (Å²) in [4.78, 5) is 11.6. The van der Waals surface area contributed by atoms with Crippen LogP contribution in [0.1, 0.15) is 43.6 Å². The Morgan fingerprint density at radius 1 is 1.32 bits per heavy atom. The first kappa shape index (κ1) is 17.2. The van der Waals surface area contributed by atoms with Gasteiger partial charge in [0.2, 0.25) is 0 Å². The first-order valence-corrected chi connectivity index (χ1v) is 8.70. The van der Waals surface area contributed by atoms with E-state index in [0.717, 1.165) is 24.5 Å². The fourth-order valence-electron chi connectivity index (χ4n) is 3.18. The summed E-state index contributed by atoms with van der Waals surface area (Å²) in [5.41, 5.74) is 5.97. The summed E-state index contributed by atoms with van der Waals surface area (Å²) in [7, 11) is 0. The standard InChI is InChI=1S/C19H26N6/c1-13-6-5-8-20-18(13)16(4)25-12-22-19(14(2)15(25)3)21-9-7-17-10-23-24-11-17/h5-6,8,10-11,16H,7,9,12H2,1-4H3,(H,21,22)(H,23,24). The lowest BCUT2D eigenvalue weighted by Crippen LogP contribution is -2.37. The molecule has 0 aliphatic carbocycles. The van der Waals surface area contributed by atoms with Gasteiger partial charge < -0.3 is 10.2 Å². The number of hydrogen-bond acceptors (Lipinski definition) is 5. The minimum atomic E-state index is 0.201. The smallest absolute Gasteiger partial charge is 0.127 e. The fourth-order valence-corrected chi connectivity index (χ4v) is 3.18. The number of aliphatic imine (C=N–C) groups is 1. The highest BCUT2D eigenvalue weighted by Crippen LogP contribution is 2.28. The molecule has 0 aromatic carbocycles. The second-order valence-electron chi connectivity index (χ2n) is 6.49. The maximum atomic E-state index is 4.76. The van der Waals surface area contributed by atoms with E-state index in [0.29, 0.717) is 6.67 Å². The van der Waals surface area contributed by atoms with Crippen molar-refractivity contribution in [2.45, 2.75) is 40.2 Å². The SMILES string of the molecule is CC1=C(C)N(C(C)c2ncccc2C)CN=C1NCCc1cn[nH]c1. The Morgan fingerprint density at radius 3 is 2.88 bits per heavy atom. The van der Waals surface area contributed by atoms with Crippen LogP contribution in [-0.2, 0) is 6.42 Å². The Balaban J connectivity index is 1.66. The Bertz CT molecular complexity index is 775. The minimum absolute atomic E-state index is 0.201. The van der Waals surface area contributed by atoms with Gasteiger partial charge in [-0.2, -0.15) is 5.10 Å². The van der Waals surface area contributed by atoms with Gasteiger partial charge in [-0.25, -0.2) is 4.99 Å². The largest absolute Gasteiger partial charge is 0.370 e. The van der Waals surface area contributed by atoms with Gasteiger partial charge in [-0.15, -0.1) is 0 Å². The number of nitrogens with zero attached hydrogens (tertiary/aromatic N) is 4. The van der Waals surface area contributed by atoms with Crippen molar-refractivity contribution in [2.24, 2.45) is 4.99 Å². The van der Waals surface area contributed by atoms with Gasteiger partial charge in [0.1, 0.15) is 12.5 Å². The van der Waals surface area contributed by atoms with E-state index >= 15 is 0 Å². The molecular formula is C19H26N6. The third-order valence-corrected chi connectivity index (χ3v) is 4.88. The van der Waals surface area contributed by atoms with Crippen LogP contribution in [0, 0.1) is 6.92 Å². The fraction of sp³-hybridized carbons (Fsp3) is 0.421. The summed E-state index contributed by atoms with van der Waals surface area (Å²) in [6.07, 6.45) is 6.57. The number of allylic oxidation sites excluding steroid dienone is 1. The van der Waals surface area contributed by atoms with Crippen molar-refractivity contribution < 1.29 is 0 Å². The molecule has 0 saturated heterocycles. The lowest BCUT2D eigenvalue weighted by molar-refractivity contribution is 0.269. The van der Waals surface area contributed by atoms with E-state index in [2.05, 4.69) is 59.2 Å². The third-order valence-electron chi connectivity index (χ3n) is 4.88. The Hall–Kier alpha value is -2.63. The Morgan fingerprint density at radius 2 is 2.16 bits per heavy atom. The van der Waals surface area contributed by atoms with Crippen molar-refractivity contribution in [1.82, 2.24) is 25.4 Å². The van der Waals surface area contributed by atoms with E-state index in [1.54, 1.807) is 0 Å². The third kappa shape index (κ3) is 3.73. The van der Waals surface area contributed by atoms with Crippen LogP contribution >= 0.6 is 0 Å². The maximum absolute atomic E-state index is 4.76. The van der Waals surface area contributed by atoms with Gasteiger partial charge in [-0.1, -0.05) is 6.07 Å². The van der Waals surface area contributed by atoms with Crippen LogP contribution in [0.15, 0.2) is 47.0 Å². The molecule has 0 saturated carbocycles. The molecule has 1 atom stereocenters. The molecule has 6 heteroatoms. The van der Waals surface area contributed by atoms with E-state index < -0.39 is 0 Å². The monoisotopic (exact) mass is 338 g/mol. The zero-order chi connectivity index (χ0) is 17.8. The molecule has 25 heavy (non-hydrogen) atoms. The summed E-state index contributed by atoms with van der Waals surface area (Å²) in [6.45, 7) is 10.1. The molecule has 0 fully saturated rings. The number of hydrogen-bond donors (Lipinski definition) is 2. The van der Waals surface area contributed by atoms with Crippen LogP contribution in [-0.4, -0.2) is 39.1 Å². The first-order chi connectivity index (χ1) is 12.1. The van der Waals surface area contributed by atoms with E-state index in [-0.39, 0.29) is 6.04 Å². The molecule has 0 radical (unpaired) electrons. The van der Waals surface area contributed by atoms with Crippen molar-refractivity contribution in [3.05, 3.63) is 58.8 Å². The summed E-state index contributed by atoms with van der Waals surface area (Å²) in [5.74, 6) is 0.988. The number of amidine groups is 1. The van der Waals surface area contributed by atoms with Gasteiger partial charge in [0.15, 0.2) is 0 Å². The van der Waals surface area contributed by atoms with Crippen LogP contribution in [0.2, 0.25) is 0 Å². The van der Waals surface area contributed by atoms with Gasteiger partial charge >= 0.3 is 0 Å². The van der Waals surface area contributed by atoms with Crippen molar-refractivity contribution >= 4 is 5.84 Å². The van der Waals surface area contributed by atoms with Gasteiger partial charge in [-0.3, -0.25) is 10.1 Å². The Kier molecular flexibility index (Phi) is 5.16. The highest BCUT2D eigenvalue weighted by molar-refractivity contribution is 5.98. The van der Waals surface area contributed by atoms with Gasteiger partial charge in [-0.05, 0) is 51.3 Å². The lowest BCUT2D eigenvalue weighted by Gasteiger charge is -2.35. The molecule has 1 aliphatic rings. The van der Waals surface area contributed by atoms with E-state index in [1.807, 2.05) is 24.7 Å². The molecule has 1 unspecified atom stereocenters. The molecule has 3 rings (SSSR count). The molecule has 2 aromatic heterocycles. The van der Waals surface area contributed by atoms with Crippen molar-refractivity contribution in [3.63, 3.8) is 0 Å². The molecule has 132 valence electrons. The summed E-state index contributed by atoms with van der Waals surface area (Å²) in [6, 6.07) is 4.30. The van der Waals surface area contributed by atoms with Crippen LogP contribution in [0.3, 0.4) is 0 Å². The number of aromatic nitrogens is 3. The van der Waals surface area contributed by atoms with Gasteiger partial charge in [0, 0.05) is 30.2 Å². The second kappa shape index (κ2) is 7.51. The van der Waals surface area contributed by atoms with Crippen molar-refractivity contribution in [2.75, 3.05) is 13.2 Å². The lowest BCUT2D eigenvalue weighted by atomic mass is 10.1. The van der Waals surface area contributed by atoms with Crippen LogP contribution in [0.25, 0.3) is 0 Å². The zero-order valence-corrected chi connectivity index (χ0v) is 15.4. The van der Waals surface area contributed by atoms with Gasteiger partial charge in [0.05, 0.1) is 17.9 Å². The molecule has 2 aromatic rings. The summed E-state index contributed by atoms with van der Waals surface area (Å²) in [5, 5.41) is 10.3. The number of pyridine rings is 1. The second-order valence-corrected chi connectivity index (χ2v) is 6.49. The highest BCUT2D eigenvalue weighted by atomic mass is 15.3. The highest BCUT2D eigenvalue weighted by Gasteiger charge is 2.24. The molecule has 0 spiro atoms. The zero-order valence-electron chi connectivity index (χ0n) is 15.4. The van der Waals surface area contributed by atoms with Gasteiger partial charge in [0.25, 0.3) is 0 Å². The number of nitrogens with one attached hydrogen (secondary N) is 2. The number of rotatable bonds is 5. The Labute approximate surface area is 149 Å². The molecule has 1 aliphatic heterocycles. The number of aromatic amines is 1. The van der Waals surface area contributed by atoms with Crippen LogP contribution < -0.4 is 5.32 Å². The molecule has 0 bridgehead atoms. The first-order valence-electron chi connectivity index (χ1n) is 8.70. The average molecular weight is 338 g/mol. The normalized spacial score (nSPS) is 16.0. The topological polar surface area (TPSA) is 69.2 Å². The quantitative estimate of drug-likeness (QED) is 0.879. The van der Waals surface area contributed by atoms with Crippen LogP contribution in [0.5, 0.6) is 0 Å². The number of H-pyrrole nitrogens is 1. The van der Waals surface area contributed by atoms with Crippen molar-refractivity contribution in [3.8, 4) is 0 Å². The molecule has 3 heterocycles. The minimum Gasteiger partial charge on any atom is -0.370 e. The van der Waals surface area contributed by atoms with E-state index in [4.69, 9.17) is 4.99 Å². The van der Waals surface area contributed by atoms with Crippen molar-refractivity contribution in [1.29, 1.82) is 0 Å².